The highest BCUT2D eigenvalue weighted by molar-refractivity contribution is 7.99. The summed E-state index contributed by atoms with van der Waals surface area (Å²) in [5.41, 5.74) is 2.42. The molecule has 8 heteroatoms. The molecule has 1 amide bonds. The fourth-order valence-corrected chi connectivity index (χ4v) is 3.77. The standard InChI is InChI=1S/C24H21FN4O2S/c1-17-10-12-20(13-11-17)29-22(15-31-21-8-3-2-4-9-21)27-28-24(29)32-16-23(30)26-19-7-5-6-18(25)14-19/h2-14H,15-16H2,1H3,(H,26,30). The SMILES string of the molecule is Cc1ccc(-n2c(COc3ccccc3)nnc2SCC(=O)Nc2cccc(F)c2)cc1. The summed E-state index contributed by atoms with van der Waals surface area (Å²) in [6, 6.07) is 23.2. The van der Waals surface area contributed by atoms with Gasteiger partial charge in [-0.15, -0.1) is 10.2 Å². The summed E-state index contributed by atoms with van der Waals surface area (Å²) in [6.07, 6.45) is 0. The summed E-state index contributed by atoms with van der Waals surface area (Å²) in [5.74, 6) is 0.777. The summed E-state index contributed by atoms with van der Waals surface area (Å²) in [6.45, 7) is 2.24. The van der Waals surface area contributed by atoms with Crippen molar-refractivity contribution in [1.29, 1.82) is 0 Å². The van der Waals surface area contributed by atoms with Crippen LogP contribution < -0.4 is 10.1 Å². The van der Waals surface area contributed by atoms with E-state index in [0.717, 1.165) is 17.0 Å². The number of benzene rings is 3. The number of carbonyl (C=O) groups excluding carboxylic acids is 1. The molecule has 0 spiro atoms. The van der Waals surface area contributed by atoms with E-state index in [1.165, 1.54) is 23.9 Å². The van der Waals surface area contributed by atoms with Crippen molar-refractivity contribution in [2.24, 2.45) is 0 Å². The van der Waals surface area contributed by atoms with Crippen molar-refractivity contribution in [2.75, 3.05) is 11.1 Å². The molecule has 0 aliphatic heterocycles. The number of hydrogen-bond acceptors (Lipinski definition) is 5. The summed E-state index contributed by atoms with van der Waals surface area (Å²) in [5, 5.41) is 11.8. The highest BCUT2D eigenvalue weighted by Gasteiger charge is 2.17. The van der Waals surface area contributed by atoms with Crippen molar-refractivity contribution in [3.8, 4) is 11.4 Å². The van der Waals surface area contributed by atoms with Gasteiger partial charge in [-0.1, -0.05) is 53.7 Å². The second kappa shape index (κ2) is 10.1. The van der Waals surface area contributed by atoms with Gasteiger partial charge < -0.3 is 10.1 Å². The van der Waals surface area contributed by atoms with E-state index < -0.39 is 5.82 Å². The summed E-state index contributed by atoms with van der Waals surface area (Å²) in [7, 11) is 0. The Labute approximate surface area is 189 Å². The number of aromatic nitrogens is 3. The Morgan fingerprint density at radius 1 is 1.03 bits per heavy atom. The van der Waals surface area contributed by atoms with Gasteiger partial charge in [-0.2, -0.15) is 0 Å². The molecule has 0 unspecified atom stereocenters. The lowest BCUT2D eigenvalue weighted by Gasteiger charge is -2.11. The Balaban J connectivity index is 1.51. The van der Waals surface area contributed by atoms with Gasteiger partial charge in [-0.3, -0.25) is 9.36 Å². The molecule has 0 aliphatic carbocycles. The Bertz CT molecular complexity index is 1200. The zero-order valence-electron chi connectivity index (χ0n) is 17.4. The number of carbonyl (C=O) groups is 1. The van der Waals surface area contributed by atoms with Gasteiger partial charge >= 0.3 is 0 Å². The van der Waals surface area contributed by atoms with Gasteiger partial charge in [0.25, 0.3) is 0 Å². The molecule has 0 saturated heterocycles. The van der Waals surface area contributed by atoms with Gasteiger partial charge in [-0.25, -0.2) is 4.39 Å². The van der Waals surface area contributed by atoms with Crippen molar-refractivity contribution < 1.29 is 13.9 Å². The third kappa shape index (κ3) is 5.53. The number of ether oxygens (including phenoxy) is 1. The predicted octanol–water partition coefficient (Wildman–Crippen LogP) is 5.02. The third-order valence-electron chi connectivity index (χ3n) is 4.54. The maximum Gasteiger partial charge on any atom is 0.234 e. The Kier molecular flexibility index (Phi) is 6.81. The highest BCUT2D eigenvalue weighted by atomic mass is 32.2. The van der Waals surface area contributed by atoms with Crippen LogP contribution in [0.2, 0.25) is 0 Å². The van der Waals surface area contributed by atoms with Crippen molar-refractivity contribution in [2.45, 2.75) is 18.7 Å². The zero-order chi connectivity index (χ0) is 22.3. The first kappa shape index (κ1) is 21.6. The van der Waals surface area contributed by atoms with E-state index in [-0.39, 0.29) is 18.3 Å². The average molecular weight is 449 g/mol. The molecular weight excluding hydrogens is 427 g/mol. The fraction of sp³-hybridized carbons (Fsp3) is 0.125. The fourth-order valence-electron chi connectivity index (χ4n) is 3.00. The van der Waals surface area contributed by atoms with Crippen LogP contribution in [0.15, 0.2) is 84.0 Å². The van der Waals surface area contributed by atoms with Gasteiger partial charge in [-0.05, 0) is 49.4 Å². The number of thioether (sulfide) groups is 1. The second-order valence-electron chi connectivity index (χ2n) is 7.02. The van der Waals surface area contributed by atoms with Crippen LogP contribution >= 0.6 is 11.8 Å². The maximum atomic E-state index is 13.3. The lowest BCUT2D eigenvalue weighted by atomic mass is 10.2. The number of halogens is 1. The number of nitrogens with zero attached hydrogens (tertiary/aromatic N) is 3. The summed E-state index contributed by atoms with van der Waals surface area (Å²) in [4.78, 5) is 12.4. The molecule has 162 valence electrons. The largest absolute Gasteiger partial charge is 0.486 e. The molecule has 1 N–H and O–H groups in total. The summed E-state index contributed by atoms with van der Waals surface area (Å²) < 4.78 is 21.1. The van der Waals surface area contributed by atoms with Crippen LogP contribution in [0.5, 0.6) is 5.75 Å². The van der Waals surface area contributed by atoms with Crippen LogP contribution in [0.25, 0.3) is 5.69 Å². The Morgan fingerprint density at radius 2 is 1.81 bits per heavy atom. The molecule has 0 bridgehead atoms. The van der Waals surface area contributed by atoms with Crippen LogP contribution in [0, 0.1) is 12.7 Å². The molecule has 3 aromatic carbocycles. The van der Waals surface area contributed by atoms with E-state index in [2.05, 4.69) is 15.5 Å². The average Bonchev–Trinajstić information content (AvgIpc) is 3.20. The lowest BCUT2D eigenvalue weighted by Crippen LogP contribution is -2.15. The number of hydrogen-bond donors (Lipinski definition) is 1. The lowest BCUT2D eigenvalue weighted by molar-refractivity contribution is -0.113. The molecule has 0 atom stereocenters. The molecule has 0 fully saturated rings. The van der Waals surface area contributed by atoms with E-state index in [1.807, 2.05) is 66.1 Å². The maximum absolute atomic E-state index is 13.3. The molecule has 0 aliphatic rings. The topological polar surface area (TPSA) is 69.0 Å². The number of nitrogens with one attached hydrogen (secondary N) is 1. The van der Waals surface area contributed by atoms with E-state index in [9.17, 15) is 9.18 Å². The van der Waals surface area contributed by atoms with Crippen LogP contribution in [-0.4, -0.2) is 26.4 Å². The van der Waals surface area contributed by atoms with Crippen LogP contribution in [-0.2, 0) is 11.4 Å². The van der Waals surface area contributed by atoms with Crippen molar-refractivity contribution in [1.82, 2.24) is 14.8 Å². The molecule has 32 heavy (non-hydrogen) atoms. The molecular formula is C24H21FN4O2S. The predicted molar refractivity (Wildman–Crippen MR) is 123 cm³/mol. The first-order chi connectivity index (χ1) is 15.6. The van der Waals surface area contributed by atoms with Crippen LogP contribution in [0.4, 0.5) is 10.1 Å². The van der Waals surface area contributed by atoms with Gasteiger partial charge in [0, 0.05) is 11.4 Å². The normalized spacial score (nSPS) is 10.7. The van der Waals surface area contributed by atoms with Crippen molar-refractivity contribution in [3.63, 3.8) is 0 Å². The smallest absolute Gasteiger partial charge is 0.234 e. The molecule has 6 nitrogen and oxygen atoms in total. The molecule has 0 radical (unpaired) electrons. The number of aryl methyl sites for hydroxylation is 1. The highest BCUT2D eigenvalue weighted by Crippen LogP contribution is 2.24. The van der Waals surface area contributed by atoms with E-state index in [0.29, 0.717) is 16.7 Å². The first-order valence-corrected chi connectivity index (χ1v) is 10.9. The minimum Gasteiger partial charge on any atom is -0.486 e. The summed E-state index contributed by atoms with van der Waals surface area (Å²) >= 11 is 1.25. The van der Waals surface area contributed by atoms with E-state index >= 15 is 0 Å². The number of para-hydroxylation sites is 1. The number of amides is 1. The van der Waals surface area contributed by atoms with Gasteiger partial charge in [0.15, 0.2) is 11.0 Å². The molecule has 1 heterocycles. The van der Waals surface area contributed by atoms with Gasteiger partial charge in [0.05, 0.1) is 5.75 Å². The monoisotopic (exact) mass is 448 g/mol. The Hall–Kier alpha value is -3.65. The minimum atomic E-state index is -0.405. The van der Waals surface area contributed by atoms with Crippen LogP contribution in [0.3, 0.4) is 0 Å². The van der Waals surface area contributed by atoms with Crippen molar-refractivity contribution >= 4 is 23.4 Å². The van der Waals surface area contributed by atoms with Gasteiger partial charge in [0.2, 0.25) is 5.91 Å². The van der Waals surface area contributed by atoms with Gasteiger partial charge in [0.1, 0.15) is 18.2 Å². The molecule has 0 saturated carbocycles. The van der Waals surface area contributed by atoms with E-state index in [1.54, 1.807) is 12.1 Å². The minimum absolute atomic E-state index is 0.0973. The number of anilines is 1. The zero-order valence-corrected chi connectivity index (χ0v) is 18.2. The van der Waals surface area contributed by atoms with Crippen LogP contribution in [0.1, 0.15) is 11.4 Å². The first-order valence-electron chi connectivity index (χ1n) is 9.96. The molecule has 1 aromatic heterocycles. The molecule has 4 rings (SSSR count). The third-order valence-corrected chi connectivity index (χ3v) is 5.47. The quantitative estimate of drug-likeness (QED) is 0.383. The molecule has 4 aromatic rings. The van der Waals surface area contributed by atoms with Crippen molar-refractivity contribution in [3.05, 3.63) is 96.1 Å². The van der Waals surface area contributed by atoms with E-state index in [4.69, 9.17) is 4.74 Å². The Morgan fingerprint density at radius 3 is 2.56 bits per heavy atom. The number of rotatable bonds is 8. The second-order valence-corrected chi connectivity index (χ2v) is 7.96.